The summed E-state index contributed by atoms with van der Waals surface area (Å²) in [4.78, 5) is 0. The molecular weight excluding hydrogens is 190 g/mol. The van der Waals surface area contributed by atoms with Crippen molar-refractivity contribution in [3.05, 3.63) is 0 Å². The Bertz CT molecular complexity index is 182. The van der Waals surface area contributed by atoms with Gasteiger partial charge in [0.05, 0.1) is 6.10 Å². The summed E-state index contributed by atoms with van der Waals surface area (Å²) < 4.78 is 5.77. The van der Waals surface area contributed by atoms with Gasteiger partial charge in [-0.15, -0.1) is 0 Å². The van der Waals surface area contributed by atoms with Gasteiger partial charge in [0.1, 0.15) is 0 Å². The Morgan fingerprint density at radius 3 is 2.73 bits per heavy atom. The summed E-state index contributed by atoms with van der Waals surface area (Å²) >= 11 is 0. The van der Waals surface area contributed by atoms with Gasteiger partial charge in [0.25, 0.3) is 0 Å². The predicted molar refractivity (Wildman–Crippen MR) is 59.8 cm³/mol. The van der Waals surface area contributed by atoms with E-state index in [2.05, 4.69) is 5.32 Å². The lowest BCUT2D eigenvalue weighted by Crippen LogP contribution is -2.38. The molecule has 0 amide bonds. The van der Waals surface area contributed by atoms with Crippen molar-refractivity contribution in [1.29, 1.82) is 0 Å². The molecule has 0 aromatic carbocycles. The fraction of sp³-hybridized carbons (Fsp3) is 1.00. The molecule has 2 unspecified atom stereocenters. The van der Waals surface area contributed by atoms with Gasteiger partial charge in [-0.1, -0.05) is 0 Å². The van der Waals surface area contributed by atoms with Gasteiger partial charge in [0.2, 0.25) is 0 Å². The number of hydrogen-bond acceptors (Lipinski definition) is 3. The molecule has 2 rings (SSSR count). The first-order valence-electron chi connectivity index (χ1n) is 6.37. The van der Waals surface area contributed by atoms with Crippen molar-refractivity contribution in [3.63, 3.8) is 0 Å². The van der Waals surface area contributed by atoms with Gasteiger partial charge in [-0.25, -0.2) is 0 Å². The van der Waals surface area contributed by atoms with E-state index in [1.165, 1.54) is 25.7 Å². The molecule has 2 N–H and O–H groups in total. The maximum Gasteiger partial charge on any atom is 0.0756 e. The predicted octanol–water partition coefficient (Wildman–Crippen LogP) is 1.31. The summed E-state index contributed by atoms with van der Waals surface area (Å²) in [6.07, 6.45) is 7.67. The van der Waals surface area contributed by atoms with Crippen molar-refractivity contribution in [2.45, 2.75) is 50.7 Å². The molecule has 15 heavy (non-hydrogen) atoms. The molecule has 2 aliphatic rings. The highest BCUT2D eigenvalue weighted by atomic mass is 16.5. The Hall–Kier alpha value is -0.120. The second-order valence-corrected chi connectivity index (χ2v) is 4.81. The number of ether oxygens (including phenoxy) is 1. The molecule has 1 aliphatic carbocycles. The summed E-state index contributed by atoms with van der Waals surface area (Å²) in [5.74, 6) is 0.849. The minimum absolute atomic E-state index is 0.331. The zero-order valence-corrected chi connectivity index (χ0v) is 9.45. The molecule has 0 spiro atoms. The first-order valence-corrected chi connectivity index (χ1v) is 6.37. The molecule has 1 saturated carbocycles. The van der Waals surface area contributed by atoms with Crippen molar-refractivity contribution in [2.24, 2.45) is 5.92 Å². The molecule has 0 bridgehead atoms. The maximum atomic E-state index is 8.66. The van der Waals surface area contributed by atoms with E-state index in [4.69, 9.17) is 9.84 Å². The van der Waals surface area contributed by atoms with Crippen LogP contribution in [0.2, 0.25) is 0 Å². The molecule has 2 atom stereocenters. The van der Waals surface area contributed by atoms with E-state index in [1.54, 1.807) is 0 Å². The number of unbranched alkanes of at least 4 members (excludes halogenated alkanes) is 2. The molecule has 0 aromatic rings. The highest BCUT2D eigenvalue weighted by Crippen LogP contribution is 2.38. The largest absolute Gasteiger partial charge is 0.396 e. The van der Waals surface area contributed by atoms with Crippen LogP contribution < -0.4 is 5.32 Å². The Morgan fingerprint density at radius 2 is 2.00 bits per heavy atom. The Labute approximate surface area is 92.2 Å². The van der Waals surface area contributed by atoms with Crippen LogP contribution in [0.15, 0.2) is 0 Å². The van der Waals surface area contributed by atoms with E-state index in [9.17, 15) is 0 Å². The van der Waals surface area contributed by atoms with Gasteiger partial charge in [-0.05, 0) is 51.0 Å². The topological polar surface area (TPSA) is 41.5 Å². The number of rotatable bonds is 7. The van der Waals surface area contributed by atoms with Crippen molar-refractivity contribution in [2.75, 3.05) is 19.8 Å². The average Bonchev–Trinajstić information content (AvgIpc) is 2.99. The highest BCUT2D eigenvalue weighted by molar-refractivity contribution is 4.93. The number of hydrogen-bond donors (Lipinski definition) is 2. The molecule has 0 aromatic heterocycles. The number of aliphatic hydroxyl groups is 1. The maximum absolute atomic E-state index is 8.66. The third kappa shape index (κ3) is 3.44. The van der Waals surface area contributed by atoms with Crippen molar-refractivity contribution in [1.82, 2.24) is 5.32 Å². The van der Waals surface area contributed by atoms with Crippen LogP contribution in [-0.4, -0.2) is 37.0 Å². The first kappa shape index (κ1) is 11.4. The van der Waals surface area contributed by atoms with E-state index in [-0.39, 0.29) is 0 Å². The van der Waals surface area contributed by atoms with Crippen molar-refractivity contribution in [3.8, 4) is 0 Å². The van der Waals surface area contributed by atoms with E-state index >= 15 is 0 Å². The zero-order valence-electron chi connectivity index (χ0n) is 9.45. The van der Waals surface area contributed by atoms with Gasteiger partial charge < -0.3 is 15.2 Å². The van der Waals surface area contributed by atoms with Crippen LogP contribution in [0.1, 0.15) is 38.5 Å². The molecule has 1 heterocycles. The van der Waals surface area contributed by atoms with Gasteiger partial charge in [-0.2, -0.15) is 0 Å². The minimum atomic E-state index is 0.331. The van der Waals surface area contributed by atoms with Gasteiger partial charge in [-0.3, -0.25) is 0 Å². The summed E-state index contributed by atoms with van der Waals surface area (Å²) in [5.41, 5.74) is 0. The minimum Gasteiger partial charge on any atom is -0.396 e. The molecule has 88 valence electrons. The van der Waals surface area contributed by atoms with Crippen LogP contribution in [0.4, 0.5) is 0 Å². The SMILES string of the molecule is OCCCCCNC1CCOC1C1CC1. The first-order chi connectivity index (χ1) is 7.42. The molecular formula is C12H23NO2. The zero-order chi connectivity index (χ0) is 10.5. The van der Waals surface area contributed by atoms with Crippen LogP contribution in [-0.2, 0) is 4.74 Å². The van der Waals surface area contributed by atoms with Crippen molar-refractivity contribution < 1.29 is 9.84 Å². The Balaban J connectivity index is 1.57. The normalized spacial score (nSPS) is 31.0. The molecule has 3 heteroatoms. The molecule has 0 radical (unpaired) electrons. The van der Waals surface area contributed by atoms with Gasteiger partial charge in [0.15, 0.2) is 0 Å². The summed E-state index contributed by atoms with van der Waals surface area (Å²) in [5, 5.41) is 12.3. The third-order valence-corrected chi connectivity index (χ3v) is 3.46. The van der Waals surface area contributed by atoms with Crippen LogP contribution in [0, 0.1) is 5.92 Å². The smallest absolute Gasteiger partial charge is 0.0756 e. The third-order valence-electron chi connectivity index (χ3n) is 3.46. The molecule has 1 aliphatic heterocycles. The van der Waals surface area contributed by atoms with Crippen LogP contribution in [0.25, 0.3) is 0 Å². The average molecular weight is 213 g/mol. The van der Waals surface area contributed by atoms with E-state index in [0.717, 1.165) is 31.9 Å². The second-order valence-electron chi connectivity index (χ2n) is 4.81. The van der Waals surface area contributed by atoms with Gasteiger partial charge in [0, 0.05) is 19.3 Å². The van der Waals surface area contributed by atoms with E-state index < -0.39 is 0 Å². The molecule has 2 fully saturated rings. The summed E-state index contributed by atoms with van der Waals surface area (Å²) in [7, 11) is 0. The van der Waals surface area contributed by atoms with Crippen LogP contribution >= 0.6 is 0 Å². The fourth-order valence-corrected chi connectivity index (χ4v) is 2.42. The highest BCUT2D eigenvalue weighted by Gasteiger charge is 2.40. The lowest BCUT2D eigenvalue weighted by atomic mass is 10.1. The quantitative estimate of drug-likeness (QED) is 0.626. The lowest BCUT2D eigenvalue weighted by molar-refractivity contribution is 0.0811. The monoisotopic (exact) mass is 213 g/mol. The van der Waals surface area contributed by atoms with E-state index in [1.807, 2.05) is 0 Å². The second kappa shape index (κ2) is 5.83. The molecule has 1 saturated heterocycles. The summed E-state index contributed by atoms with van der Waals surface area (Å²) in [6.45, 7) is 2.35. The van der Waals surface area contributed by atoms with Gasteiger partial charge >= 0.3 is 0 Å². The van der Waals surface area contributed by atoms with Crippen LogP contribution in [0.3, 0.4) is 0 Å². The Kier molecular flexibility index (Phi) is 4.42. The standard InChI is InChI=1S/C12H23NO2/c14-8-3-1-2-7-13-11-6-9-15-12(11)10-4-5-10/h10-14H,1-9H2. The van der Waals surface area contributed by atoms with E-state index in [0.29, 0.717) is 18.8 Å². The lowest BCUT2D eigenvalue weighted by Gasteiger charge is -2.19. The molecule has 3 nitrogen and oxygen atoms in total. The Morgan fingerprint density at radius 1 is 1.13 bits per heavy atom. The summed E-state index contributed by atoms with van der Waals surface area (Å²) in [6, 6.07) is 0.603. The van der Waals surface area contributed by atoms with Crippen LogP contribution in [0.5, 0.6) is 0 Å². The van der Waals surface area contributed by atoms with Crippen molar-refractivity contribution >= 4 is 0 Å². The number of nitrogens with one attached hydrogen (secondary N) is 1. The number of aliphatic hydroxyl groups excluding tert-OH is 1. The fourth-order valence-electron chi connectivity index (χ4n) is 2.42.